The van der Waals surface area contributed by atoms with Gasteiger partial charge in [-0.25, -0.2) is 21.6 Å². The summed E-state index contributed by atoms with van der Waals surface area (Å²) in [6, 6.07) is 9.58. The molecule has 0 aromatic heterocycles. The fraction of sp³-hybridized carbons (Fsp3) is 0.625. The van der Waals surface area contributed by atoms with Crippen LogP contribution in [0.2, 0.25) is 0 Å². The van der Waals surface area contributed by atoms with E-state index < -0.39 is 30.8 Å². The third kappa shape index (κ3) is 3.06. The molecule has 0 spiro atoms. The maximum atomic E-state index is 12.7. The van der Waals surface area contributed by atoms with Crippen molar-refractivity contribution in [3.05, 3.63) is 35.9 Å². The van der Waals surface area contributed by atoms with Crippen LogP contribution in [0.1, 0.15) is 32.8 Å². The van der Waals surface area contributed by atoms with E-state index in [2.05, 4.69) is 4.72 Å². The molecule has 1 aliphatic heterocycles. The summed E-state index contributed by atoms with van der Waals surface area (Å²) in [5.74, 6) is -0.255. The number of sulfonamides is 1. The molecule has 7 heteroatoms. The second-order valence-electron chi connectivity index (χ2n) is 8.04. The highest BCUT2D eigenvalue weighted by atomic mass is 32.2. The van der Waals surface area contributed by atoms with Crippen molar-refractivity contribution in [1.29, 1.82) is 0 Å². The lowest BCUT2D eigenvalue weighted by atomic mass is 9.97. The molecule has 128 valence electrons. The molecule has 23 heavy (non-hydrogen) atoms. The Kier molecular flexibility index (Phi) is 3.53. The number of sulfone groups is 1. The highest BCUT2D eigenvalue weighted by Gasteiger charge is 2.64. The fourth-order valence-corrected chi connectivity index (χ4v) is 8.62. The molecule has 3 rings (SSSR count). The molecule has 2 aliphatic rings. The van der Waals surface area contributed by atoms with E-state index in [1.807, 2.05) is 44.2 Å². The second kappa shape index (κ2) is 4.80. The molecule has 1 unspecified atom stereocenters. The van der Waals surface area contributed by atoms with E-state index in [4.69, 9.17) is 0 Å². The zero-order valence-corrected chi connectivity index (χ0v) is 15.3. The Morgan fingerprint density at radius 1 is 1.09 bits per heavy atom. The van der Waals surface area contributed by atoms with Crippen LogP contribution in [0.15, 0.2) is 30.3 Å². The van der Waals surface area contributed by atoms with Crippen LogP contribution in [0, 0.1) is 10.8 Å². The van der Waals surface area contributed by atoms with Gasteiger partial charge in [-0.15, -0.1) is 0 Å². The average molecular weight is 357 g/mol. The Hall–Kier alpha value is -0.920. The molecule has 0 radical (unpaired) electrons. The molecule has 1 atom stereocenters. The zero-order valence-electron chi connectivity index (χ0n) is 13.7. The summed E-state index contributed by atoms with van der Waals surface area (Å²) >= 11 is 0. The van der Waals surface area contributed by atoms with E-state index in [1.54, 1.807) is 6.92 Å². The lowest BCUT2D eigenvalue weighted by Gasteiger charge is -2.37. The summed E-state index contributed by atoms with van der Waals surface area (Å²) in [6.07, 6.45) is 0.734. The molecule has 1 aliphatic carbocycles. The predicted octanol–water partition coefficient (Wildman–Crippen LogP) is 1.67. The number of benzene rings is 1. The number of hydrogen-bond donors (Lipinski definition) is 1. The number of rotatable bonds is 5. The Labute approximate surface area is 138 Å². The molecule has 1 aromatic carbocycles. The van der Waals surface area contributed by atoms with Crippen LogP contribution in [-0.2, 0) is 25.4 Å². The summed E-state index contributed by atoms with van der Waals surface area (Å²) in [5.41, 5.74) is -0.471. The number of nitrogens with one attached hydrogen (secondary N) is 1. The summed E-state index contributed by atoms with van der Waals surface area (Å²) in [4.78, 5) is 0. The van der Waals surface area contributed by atoms with Crippen LogP contribution in [0.3, 0.4) is 0 Å². The minimum atomic E-state index is -3.58. The minimum Gasteiger partial charge on any atom is -0.229 e. The first kappa shape index (κ1) is 16.9. The fourth-order valence-electron chi connectivity index (χ4n) is 3.93. The van der Waals surface area contributed by atoms with E-state index in [0.717, 1.165) is 12.0 Å². The predicted molar refractivity (Wildman–Crippen MR) is 90.2 cm³/mol. The van der Waals surface area contributed by atoms with Gasteiger partial charge in [0, 0.05) is 5.41 Å². The molecule has 5 nitrogen and oxygen atoms in total. The molecule has 1 aromatic rings. The van der Waals surface area contributed by atoms with Crippen molar-refractivity contribution in [3.63, 3.8) is 0 Å². The van der Waals surface area contributed by atoms with Gasteiger partial charge in [0.25, 0.3) is 0 Å². The summed E-state index contributed by atoms with van der Waals surface area (Å²) in [5, 5.41) is 0. The smallest absolute Gasteiger partial charge is 0.213 e. The van der Waals surface area contributed by atoms with Gasteiger partial charge < -0.3 is 0 Å². The quantitative estimate of drug-likeness (QED) is 0.869. The van der Waals surface area contributed by atoms with Crippen LogP contribution in [0.4, 0.5) is 0 Å². The Morgan fingerprint density at radius 3 is 2.04 bits per heavy atom. The van der Waals surface area contributed by atoms with E-state index in [-0.39, 0.29) is 22.7 Å². The average Bonchev–Trinajstić information content (AvgIpc) is 2.88. The lowest BCUT2D eigenvalue weighted by molar-refractivity contribution is 0.401. The summed E-state index contributed by atoms with van der Waals surface area (Å²) in [7, 11) is -6.64. The molecule has 0 bridgehead atoms. The normalized spacial score (nSPS) is 30.4. The maximum absolute atomic E-state index is 12.7. The Morgan fingerprint density at radius 2 is 1.61 bits per heavy atom. The SMILES string of the molecule is CC1(CS(=O)(=O)NC2(c3ccccc3)CC2(C)C)CS(=O)(=O)C1. The second-order valence-corrected chi connectivity index (χ2v) is 11.8. The molecule has 2 fully saturated rings. The molecule has 1 saturated heterocycles. The minimum absolute atomic E-state index is 0.0529. The van der Waals surface area contributed by atoms with Crippen LogP contribution in [0.5, 0.6) is 0 Å². The topological polar surface area (TPSA) is 80.3 Å². The van der Waals surface area contributed by atoms with Gasteiger partial charge in [0.05, 0.1) is 22.8 Å². The van der Waals surface area contributed by atoms with Crippen LogP contribution >= 0.6 is 0 Å². The van der Waals surface area contributed by atoms with Gasteiger partial charge in [0.2, 0.25) is 10.0 Å². The Bertz CT molecular complexity index is 816. The van der Waals surface area contributed by atoms with E-state index in [9.17, 15) is 16.8 Å². The maximum Gasteiger partial charge on any atom is 0.213 e. The van der Waals surface area contributed by atoms with Gasteiger partial charge in [-0.3, -0.25) is 0 Å². The van der Waals surface area contributed by atoms with Crippen molar-refractivity contribution in [3.8, 4) is 0 Å². The first-order valence-electron chi connectivity index (χ1n) is 7.67. The standard InChI is InChI=1S/C16H23NO4S2/c1-14(2)9-16(14,13-7-5-4-6-8-13)17-23(20,21)12-15(3)10-22(18,19)11-15/h4-8,17H,9-12H2,1-3H3. The molecule has 0 amide bonds. The van der Waals surface area contributed by atoms with Gasteiger partial charge in [0.1, 0.15) is 0 Å². The molecule has 1 N–H and O–H groups in total. The van der Waals surface area contributed by atoms with Crippen molar-refractivity contribution >= 4 is 19.9 Å². The van der Waals surface area contributed by atoms with Crippen molar-refractivity contribution in [2.45, 2.75) is 32.7 Å². The van der Waals surface area contributed by atoms with Crippen LogP contribution in [0.25, 0.3) is 0 Å². The Balaban J connectivity index is 1.82. The highest BCUT2D eigenvalue weighted by Crippen LogP contribution is 2.62. The van der Waals surface area contributed by atoms with Crippen LogP contribution in [-0.4, -0.2) is 34.1 Å². The zero-order chi connectivity index (χ0) is 17.1. The van der Waals surface area contributed by atoms with Gasteiger partial charge in [-0.05, 0) is 17.4 Å². The lowest BCUT2D eigenvalue weighted by Crippen LogP contribution is -2.53. The van der Waals surface area contributed by atoms with E-state index in [1.165, 1.54) is 0 Å². The van der Waals surface area contributed by atoms with Crippen molar-refractivity contribution in [2.24, 2.45) is 10.8 Å². The summed E-state index contributed by atoms with van der Waals surface area (Å²) in [6.45, 7) is 5.80. The molecular weight excluding hydrogens is 334 g/mol. The van der Waals surface area contributed by atoms with Gasteiger partial charge >= 0.3 is 0 Å². The van der Waals surface area contributed by atoms with Gasteiger partial charge in [0.15, 0.2) is 9.84 Å². The highest BCUT2D eigenvalue weighted by molar-refractivity contribution is 7.93. The van der Waals surface area contributed by atoms with E-state index in [0.29, 0.717) is 0 Å². The summed E-state index contributed by atoms with van der Waals surface area (Å²) < 4.78 is 51.0. The van der Waals surface area contributed by atoms with E-state index >= 15 is 0 Å². The van der Waals surface area contributed by atoms with Gasteiger partial charge in [-0.1, -0.05) is 51.1 Å². The first-order chi connectivity index (χ1) is 10.4. The van der Waals surface area contributed by atoms with Crippen molar-refractivity contribution < 1.29 is 16.8 Å². The van der Waals surface area contributed by atoms with Gasteiger partial charge in [-0.2, -0.15) is 0 Å². The van der Waals surface area contributed by atoms with Crippen molar-refractivity contribution in [1.82, 2.24) is 4.72 Å². The molecule has 1 saturated carbocycles. The monoisotopic (exact) mass is 357 g/mol. The third-order valence-corrected chi connectivity index (χ3v) is 9.02. The molecular formula is C16H23NO4S2. The first-order valence-corrected chi connectivity index (χ1v) is 11.1. The van der Waals surface area contributed by atoms with Crippen LogP contribution < -0.4 is 4.72 Å². The molecule has 1 heterocycles. The van der Waals surface area contributed by atoms with Crippen molar-refractivity contribution in [2.75, 3.05) is 17.3 Å². The largest absolute Gasteiger partial charge is 0.229 e. The number of hydrogen-bond acceptors (Lipinski definition) is 4. The third-order valence-electron chi connectivity index (χ3n) is 5.01.